The third kappa shape index (κ3) is 8.16. The minimum atomic E-state index is -0.160. The highest BCUT2D eigenvalue weighted by molar-refractivity contribution is 7.00. The van der Waals surface area contributed by atoms with Gasteiger partial charge in [-0.2, -0.15) is 0 Å². The Morgan fingerprint density at radius 1 is 0.287 bits per heavy atom. The Hall–Kier alpha value is -10.4. The predicted octanol–water partition coefficient (Wildman–Crippen LogP) is 15.9. The van der Waals surface area contributed by atoms with Gasteiger partial charge in [0, 0.05) is 86.4 Å². The Balaban J connectivity index is 1.01. The molecule has 15 rings (SSSR count). The Morgan fingerprint density at radius 2 is 0.713 bits per heavy atom. The van der Waals surface area contributed by atoms with E-state index in [1.165, 1.54) is 16.4 Å². The van der Waals surface area contributed by atoms with Gasteiger partial charge >= 0.3 is 0 Å². The molecule has 0 atom stereocenters. The Morgan fingerprint density at radius 3 is 1.24 bits per heavy atom. The van der Waals surface area contributed by atoms with E-state index in [1.807, 2.05) is 0 Å². The zero-order valence-electron chi connectivity index (χ0n) is 43.7. The quantitative estimate of drug-likeness (QED) is 0.134. The number of para-hydroxylation sites is 9. The Labute approximate surface area is 468 Å². The zero-order valence-corrected chi connectivity index (χ0v) is 43.7. The fraction of sp³-hybridized carbons (Fsp3) is 0. The molecule has 3 aliphatic rings. The van der Waals surface area contributed by atoms with Crippen molar-refractivity contribution in [1.82, 2.24) is 0 Å². The lowest BCUT2D eigenvalue weighted by molar-refractivity contribution is 0.487. The van der Waals surface area contributed by atoms with E-state index < -0.39 is 0 Å². The summed E-state index contributed by atoms with van der Waals surface area (Å²) in [6.45, 7) is -0.160. The van der Waals surface area contributed by atoms with Gasteiger partial charge in [0.15, 0.2) is 7.28 Å². The third-order valence-electron chi connectivity index (χ3n) is 15.6. The summed E-state index contributed by atoms with van der Waals surface area (Å²) in [5.41, 5.74) is 21.4. The van der Waals surface area contributed by atoms with E-state index in [9.17, 15) is 0 Å². The first kappa shape index (κ1) is 46.8. The van der Waals surface area contributed by atoms with Crippen molar-refractivity contribution < 1.29 is 4.74 Å². The molecule has 3 heterocycles. The van der Waals surface area contributed by atoms with Crippen LogP contribution in [0, 0.1) is 0 Å². The standard InChI is InChI=1S/C72H50B2N5O/c1-8-26-51(27-9-1)75(52-28-10-2-11-29-52)58-44-59-46-61(45-58)80-71-50-68-65(49-63(71)73-62-40-22-24-42-66(62)77(59)55-34-16-5-17-35-55)74-64-41-23-25-43-67(64)78(56-36-18-6-19-37-56)69-47-60(48-70(72(69)74)79(68)57-38-20-7-21-39-57)76(53-30-12-3-13-31-53)54-32-14-4-15-33-54/h1-50H. The molecule has 0 spiro atoms. The molecule has 0 saturated carbocycles. The van der Waals surface area contributed by atoms with Crippen LogP contribution in [0.4, 0.5) is 85.3 Å². The van der Waals surface area contributed by atoms with E-state index in [2.05, 4.69) is 335 Å². The summed E-state index contributed by atoms with van der Waals surface area (Å²) < 4.78 is 7.58. The molecule has 8 heteroatoms. The van der Waals surface area contributed by atoms with Crippen LogP contribution in [-0.4, -0.2) is 14.0 Å². The van der Waals surface area contributed by atoms with E-state index >= 15 is 0 Å². The van der Waals surface area contributed by atoms with Gasteiger partial charge in [-0.05, 0) is 137 Å². The topological polar surface area (TPSA) is 25.4 Å². The van der Waals surface area contributed by atoms with Crippen LogP contribution in [-0.2, 0) is 0 Å². The minimum absolute atomic E-state index is 0.160. The molecule has 375 valence electrons. The number of hydrogen-bond acceptors (Lipinski definition) is 6. The number of rotatable bonds is 9. The lowest BCUT2D eigenvalue weighted by Crippen LogP contribution is -2.62. The maximum Gasteiger partial charge on any atom is 0.252 e. The van der Waals surface area contributed by atoms with Crippen molar-refractivity contribution >= 4 is 127 Å². The van der Waals surface area contributed by atoms with E-state index in [-0.39, 0.29) is 6.71 Å². The van der Waals surface area contributed by atoms with Crippen molar-refractivity contribution in [1.29, 1.82) is 0 Å². The normalized spacial score (nSPS) is 12.6. The summed E-state index contributed by atoms with van der Waals surface area (Å²) in [5, 5.41) is 0. The third-order valence-corrected chi connectivity index (χ3v) is 15.6. The molecule has 0 amide bonds. The van der Waals surface area contributed by atoms with Gasteiger partial charge in [0.1, 0.15) is 11.5 Å². The molecule has 1 radical (unpaired) electrons. The number of hydrogen-bond donors (Lipinski definition) is 0. The second-order valence-corrected chi connectivity index (χ2v) is 20.4. The molecular weight excluding hydrogens is 972 g/mol. The first-order valence-corrected chi connectivity index (χ1v) is 27.3. The van der Waals surface area contributed by atoms with E-state index in [0.717, 1.165) is 102 Å². The molecule has 0 N–H and O–H groups in total. The minimum Gasteiger partial charge on any atom is -0.458 e. The molecule has 2 bridgehead atoms. The fourth-order valence-electron chi connectivity index (χ4n) is 12.2. The zero-order chi connectivity index (χ0) is 52.9. The van der Waals surface area contributed by atoms with Crippen LogP contribution in [0.3, 0.4) is 0 Å². The molecule has 0 unspecified atom stereocenters. The summed E-state index contributed by atoms with van der Waals surface area (Å²) in [4.78, 5) is 12.0. The Kier molecular flexibility index (Phi) is 11.6. The molecule has 12 aromatic rings. The van der Waals surface area contributed by atoms with E-state index in [1.54, 1.807) is 0 Å². The second kappa shape index (κ2) is 19.9. The molecule has 12 aromatic carbocycles. The molecular formula is C72H50B2N5O. The average Bonchev–Trinajstić information content (AvgIpc) is 3.63. The lowest BCUT2D eigenvalue weighted by Gasteiger charge is -2.45. The molecule has 80 heavy (non-hydrogen) atoms. The summed E-state index contributed by atoms with van der Waals surface area (Å²) >= 11 is 0. The largest absolute Gasteiger partial charge is 0.458 e. The highest BCUT2D eigenvalue weighted by Gasteiger charge is 2.45. The fourth-order valence-corrected chi connectivity index (χ4v) is 12.2. The average molecular weight is 1020 g/mol. The van der Waals surface area contributed by atoms with Gasteiger partial charge in [0.05, 0.1) is 17.1 Å². The van der Waals surface area contributed by atoms with Crippen molar-refractivity contribution in [2.24, 2.45) is 0 Å². The highest BCUT2D eigenvalue weighted by Crippen LogP contribution is 2.50. The van der Waals surface area contributed by atoms with Crippen molar-refractivity contribution in [3.8, 4) is 11.5 Å². The number of anilines is 15. The smallest absolute Gasteiger partial charge is 0.252 e. The van der Waals surface area contributed by atoms with Gasteiger partial charge in [-0.1, -0.05) is 175 Å². The number of nitrogens with zero attached hydrogens (tertiary/aromatic N) is 5. The molecule has 0 aromatic heterocycles. The van der Waals surface area contributed by atoms with Gasteiger partial charge in [-0.3, -0.25) is 0 Å². The highest BCUT2D eigenvalue weighted by atomic mass is 16.5. The van der Waals surface area contributed by atoms with Crippen molar-refractivity contribution in [2.45, 2.75) is 0 Å². The molecule has 0 fully saturated rings. The van der Waals surface area contributed by atoms with E-state index in [4.69, 9.17) is 4.74 Å². The number of ether oxygens (including phenoxy) is 1. The van der Waals surface area contributed by atoms with Crippen LogP contribution in [0.15, 0.2) is 303 Å². The number of fused-ring (bicyclic) bond motifs is 8. The lowest BCUT2D eigenvalue weighted by atomic mass is 9.33. The SMILES string of the molecule is [B]1c2cc3c(cc2Oc2cc(N(c4ccccc4)c4ccccc4)cc(c2)N(c2ccccc2)c2ccccc21)N(c1ccccc1)c1cc(N(c2ccccc2)c2ccccc2)cc2c1B3c1ccccc1N2c1ccccc1. The molecule has 6 nitrogen and oxygen atoms in total. The Bertz CT molecular complexity index is 4130. The van der Waals surface area contributed by atoms with Crippen LogP contribution in [0.5, 0.6) is 11.5 Å². The summed E-state index contributed by atoms with van der Waals surface area (Å²) in [6, 6.07) is 109. The maximum atomic E-state index is 7.58. The van der Waals surface area contributed by atoms with Crippen LogP contribution in [0.25, 0.3) is 0 Å². The van der Waals surface area contributed by atoms with Crippen molar-refractivity contribution in [3.05, 3.63) is 303 Å². The molecule has 0 saturated heterocycles. The molecule has 3 aliphatic heterocycles. The first-order valence-electron chi connectivity index (χ1n) is 27.3. The second-order valence-electron chi connectivity index (χ2n) is 20.4. The van der Waals surface area contributed by atoms with Gasteiger partial charge in [-0.15, -0.1) is 0 Å². The monoisotopic (exact) mass is 1020 g/mol. The van der Waals surface area contributed by atoms with Crippen molar-refractivity contribution in [3.63, 3.8) is 0 Å². The van der Waals surface area contributed by atoms with E-state index in [0.29, 0.717) is 5.75 Å². The maximum absolute atomic E-state index is 7.58. The first-order chi connectivity index (χ1) is 39.7. The summed E-state index contributed by atoms with van der Waals surface area (Å²) in [6.07, 6.45) is 0. The van der Waals surface area contributed by atoms with Gasteiger partial charge in [0.2, 0.25) is 0 Å². The summed E-state index contributed by atoms with van der Waals surface area (Å²) in [5.74, 6) is 1.45. The van der Waals surface area contributed by atoms with Crippen LogP contribution >= 0.6 is 0 Å². The van der Waals surface area contributed by atoms with Crippen molar-refractivity contribution in [2.75, 3.05) is 24.5 Å². The summed E-state index contributed by atoms with van der Waals surface area (Å²) in [7, 11) is 2.32. The van der Waals surface area contributed by atoms with Crippen LogP contribution in [0.1, 0.15) is 0 Å². The van der Waals surface area contributed by atoms with Gasteiger partial charge in [0.25, 0.3) is 6.71 Å². The van der Waals surface area contributed by atoms with Crippen LogP contribution in [0.2, 0.25) is 0 Å². The van der Waals surface area contributed by atoms with Crippen LogP contribution < -0.4 is 56.6 Å². The predicted molar refractivity (Wildman–Crippen MR) is 336 cm³/mol. The molecule has 0 aliphatic carbocycles. The van der Waals surface area contributed by atoms with Gasteiger partial charge < -0.3 is 29.2 Å². The number of benzene rings is 12. The van der Waals surface area contributed by atoms with Gasteiger partial charge in [-0.25, -0.2) is 0 Å².